The maximum absolute atomic E-state index is 11.3. The number of halogens is 1. The molecule has 1 saturated heterocycles. The van der Waals surface area contributed by atoms with Crippen LogP contribution in [0, 0.1) is 0 Å². The number of amides is 1. The standard InChI is InChI=1S/C13H17BrN2O/c14-8-13(17)15-12-6-7-16(10-12)9-11-4-2-1-3-5-11/h1-5,12H,6-10H2,(H,15,17)/t12-/m0/s1. The third-order valence-corrected chi connectivity index (χ3v) is 3.52. The van der Waals surface area contributed by atoms with E-state index in [4.69, 9.17) is 0 Å². The topological polar surface area (TPSA) is 32.3 Å². The summed E-state index contributed by atoms with van der Waals surface area (Å²) in [6.07, 6.45) is 1.05. The largest absolute Gasteiger partial charge is 0.351 e. The van der Waals surface area contributed by atoms with Crippen molar-refractivity contribution in [1.29, 1.82) is 0 Å². The number of benzene rings is 1. The summed E-state index contributed by atoms with van der Waals surface area (Å²) in [5, 5.41) is 3.41. The molecule has 2 rings (SSSR count). The molecule has 1 aromatic rings. The van der Waals surface area contributed by atoms with Gasteiger partial charge >= 0.3 is 0 Å². The van der Waals surface area contributed by atoms with E-state index in [2.05, 4.69) is 50.4 Å². The molecule has 1 aliphatic rings. The van der Waals surface area contributed by atoms with Crippen molar-refractivity contribution >= 4 is 21.8 Å². The van der Waals surface area contributed by atoms with Gasteiger partial charge in [0.15, 0.2) is 0 Å². The summed E-state index contributed by atoms with van der Waals surface area (Å²) in [6.45, 7) is 2.98. The molecule has 1 heterocycles. The van der Waals surface area contributed by atoms with Gasteiger partial charge in [-0.15, -0.1) is 0 Å². The van der Waals surface area contributed by atoms with Crippen LogP contribution >= 0.6 is 15.9 Å². The van der Waals surface area contributed by atoms with Crippen molar-refractivity contribution in [2.45, 2.75) is 19.0 Å². The first-order valence-corrected chi connectivity index (χ1v) is 7.01. The predicted octanol–water partition coefficient (Wildman–Crippen LogP) is 1.77. The van der Waals surface area contributed by atoms with Gasteiger partial charge in [0.25, 0.3) is 0 Å². The van der Waals surface area contributed by atoms with Gasteiger partial charge in [0, 0.05) is 25.7 Å². The molecule has 0 unspecified atom stereocenters. The normalized spacial score (nSPS) is 20.4. The van der Waals surface area contributed by atoms with Crippen molar-refractivity contribution in [3.05, 3.63) is 35.9 Å². The molecule has 0 saturated carbocycles. The average molecular weight is 297 g/mol. The van der Waals surface area contributed by atoms with Crippen molar-refractivity contribution < 1.29 is 4.79 Å². The number of carbonyl (C=O) groups excluding carboxylic acids is 1. The summed E-state index contributed by atoms with van der Waals surface area (Å²) in [7, 11) is 0. The second-order valence-corrected chi connectivity index (χ2v) is 4.97. The first-order valence-electron chi connectivity index (χ1n) is 5.89. The fourth-order valence-electron chi connectivity index (χ4n) is 2.20. The first kappa shape index (κ1) is 12.6. The molecule has 0 spiro atoms. The van der Waals surface area contributed by atoms with E-state index < -0.39 is 0 Å². The van der Waals surface area contributed by atoms with Crippen LogP contribution in [0.4, 0.5) is 0 Å². The van der Waals surface area contributed by atoms with Gasteiger partial charge < -0.3 is 5.32 Å². The predicted molar refractivity (Wildman–Crippen MR) is 72.1 cm³/mol. The van der Waals surface area contributed by atoms with Crippen molar-refractivity contribution in [2.75, 3.05) is 18.4 Å². The molecular formula is C13H17BrN2O. The summed E-state index contributed by atoms with van der Waals surface area (Å²) >= 11 is 3.17. The van der Waals surface area contributed by atoms with Gasteiger partial charge in [-0.25, -0.2) is 0 Å². The Morgan fingerprint density at radius 2 is 2.18 bits per heavy atom. The van der Waals surface area contributed by atoms with Crippen LogP contribution in [0.25, 0.3) is 0 Å². The Bertz CT molecular complexity index is 369. The Hall–Kier alpha value is -0.870. The van der Waals surface area contributed by atoms with Gasteiger partial charge in [-0.1, -0.05) is 46.3 Å². The van der Waals surface area contributed by atoms with Crippen molar-refractivity contribution in [3.63, 3.8) is 0 Å². The number of carbonyl (C=O) groups is 1. The Labute approximate surface area is 110 Å². The van der Waals surface area contributed by atoms with Crippen LogP contribution in [0.2, 0.25) is 0 Å². The lowest BCUT2D eigenvalue weighted by molar-refractivity contribution is -0.119. The number of nitrogens with zero attached hydrogens (tertiary/aromatic N) is 1. The fraction of sp³-hybridized carbons (Fsp3) is 0.462. The summed E-state index contributed by atoms with van der Waals surface area (Å²) in [4.78, 5) is 13.6. The summed E-state index contributed by atoms with van der Waals surface area (Å²) in [5.74, 6) is 0.0801. The van der Waals surface area contributed by atoms with Crippen molar-refractivity contribution in [1.82, 2.24) is 10.2 Å². The second-order valence-electron chi connectivity index (χ2n) is 4.41. The third-order valence-electron chi connectivity index (χ3n) is 3.01. The number of hydrogen-bond acceptors (Lipinski definition) is 2. The van der Waals surface area contributed by atoms with E-state index in [0.29, 0.717) is 11.4 Å². The first-order chi connectivity index (χ1) is 8.28. The highest BCUT2D eigenvalue weighted by Gasteiger charge is 2.23. The number of hydrogen-bond donors (Lipinski definition) is 1. The Morgan fingerprint density at radius 1 is 1.41 bits per heavy atom. The SMILES string of the molecule is O=C(CBr)N[C@H]1CCN(Cc2ccccc2)C1. The van der Waals surface area contributed by atoms with E-state index in [9.17, 15) is 4.79 Å². The zero-order valence-electron chi connectivity index (χ0n) is 9.73. The number of rotatable bonds is 4. The Kier molecular flexibility index (Phi) is 4.57. The lowest BCUT2D eigenvalue weighted by atomic mass is 10.2. The minimum absolute atomic E-state index is 0.0801. The number of nitrogens with one attached hydrogen (secondary N) is 1. The fourth-order valence-corrected chi connectivity index (χ4v) is 2.36. The van der Waals surface area contributed by atoms with Gasteiger partial charge in [0.1, 0.15) is 0 Å². The van der Waals surface area contributed by atoms with E-state index >= 15 is 0 Å². The molecule has 92 valence electrons. The molecule has 1 amide bonds. The lowest BCUT2D eigenvalue weighted by Crippen LogP contribution is -2.37. The number of alkyl halides is 1. The van der Waals surface area contributed by atoms with Gasteiger partial charge in [-0.2, -0.15) is 0 Å². The monoisotopic (exact) mass is 296 g/mol. The average Bonchev–Trinajstić information content (AvgIpc) is 2.77. The molecule has 0 aliphatic carbocycles. The van der Waals surface area contributed by atoms with Crippen LogP contribution in [-0.4, -0.2) is 35.3 Å². The smallest absolute Gasteiger partial charge is 0.230 e. The quantitative estimate of drug-likeness (QED) is 0.859. The van der Waals surface area contributed by atoms with Gasteiger partial charge in [0.05, 0.1) is 5.33 Å². The molecule has 0 aromatic heterocycles. The minimum Gasteiger partial charge on any atom is -0.351 e. The van der Waals surface area contributed by atoms with E-state index in [-0.39, 0.29) is 5.91 Å². The minimum atomic E-state index is 0.0801. The van der Waals surface area contributed by atoms with Crippen molar-refractivity contribution in [2.24, 2.45) is 0 Å². The molecule has 17 heavy (non-hydrogen) atoms. The van der Waals surface area contributed by atoms with Gasteiger partial charge in [-0.3, -0.25) is 9.69 Å². The van der Waals surface area contributed by atoms with Crippen LogP contribution in [0.5, 0.6) is 0 Å². The molecular weight excluding hydrogens is 280 g/mol. The van der Waals surface area contributed by atoms with Crippen molar-refractivity contribution in [3.8, 4) is 0 Å². The highest BCUT2D eigenvalue weighted by molar-refractivity contribution is 9.09. The zero-order chi connectivity index (χ0) is 12.1. The Morgan fingerprint density at radius 3 is 2.88 bits per heavy atom. The number of likely N-dealkylation sites (tertiary alicyclic amines) is 1. The zero-order valence-corrected chi connectivity index (χ0v) is 11.3. The molecule has 3 nitrogen and oxygen atoms in total. The van der Waals surface area contributed by atoms with Crippen LogP contribution in [0.1, 0.15) is 12.0 Å². The molecule has 1 atom stereocenters. The van der Waals surface area contributed by atoms with E-state index in [0.717, 1.165) is 26.1 Å². The van der Waals surface area contributed by atoms with Crippen LogP contribution in [0.3, 0.4) is 0 Å². The maximum atomic E-state index is 11.3. The van der Waals surface area contributed by atoms with E-state index in [1.807, 2.05) is 6.07 Å². The lowest BCUT2D eigenvalue weighted by Gasteiger charge is -2.16. The third kappa shape index (κ3) is 3.82. The molecule has 0 radical (unpaired) electrons. The molecule has 1 N–H and O–H groups in total. The summed E-state index contributed by atoms with van der Waals surface area (Å²) in [5.41, 5.74) is 1.33. The molecule has 4 heteroatoms. The van der Waals surface area contributed by atoms with Crippen LogP contribution < -0.4 is 5.32 Å². The van der Waals surface area contributed by atoms with Gasteiger partial charge in [-0.05, 0) is 12.0 Å². The molecule has 0 bridgehead atoms. The second kappa shape index (κ2) is 6.17. The van der Waals surface area contributed by atoms with Crippen LogP contribution in [0.15, 0.2) is 30.3 Å². The van der Waals surface area contributed by atoms with E-state index in [1.54, 1.807) is 0 Å². The van der Waals surface area contributed by atoms with E-state index in [1.165, 1.54) is 5.56 Å². The molecule has 1 aromatic carbocycles. The molecule has 1 aliphatic heterocycles. The summed E-state index contributed by atoms with van der Waals surface area (Å²) in [6, 6.07) is 10.8. The highest BCUT2D eigenvalue weighted by atomic mass is 79.9. The summed E-state index contributed by atoms with van der Waals surface area (Å²) < 4.78 is 0. The molecule has 1 fully saturated rings. The Balaban J connectivity index is 1.80. The van der Waals surface area contributed by atoms with Gasteiger partial charge in [0.2, 0.25) is 5.91 Å². The highest BCUT2D eigenvalue weighted by Crippen LogP contribution is 2.13. The maximum Gasteiger partial charge on any atom is 0.230 e. The van der Waals surface area contributed by atoms with Crippen LogP contribution in [-0.2, 0) is 11.3 Å².